The number of methoxy groups -OCH3 is 1. The average Bonchev–Trinajstić information content (AvgIpc) is 3.07. The zero-order chi connectivity index (χ0) is 18.0. The van der Waals surface area contributed by atoms with Crippen LogP contribution in [0.4, 0.5) is 8.78 Å². The van der Waals surface area contributed by atoms with Crippen molar-refractivity contribution in [3.8, 4) is 0 Å². The average molecular weight is 345 g/mol. The van der Waals surface area contributed by atoms with E-state index < -0.39 is 29.6 Å². The third kappa shape index (κ3) is 3.32. The number of carbonyl (C=O) groups is 2. The van der Waals surface area contributed by atoms with E-state index in [1.54, 1.807) is 23.0 Å². The van der Waals surface area contributed by atoms with E-state index in [2.05, 4.69) is 15.0 Å². The van der Waals surface area contributed by atoms with Gasteiger partial charge in [-0.15, -0.1) is 0 Å². The number of imidazole rings is 1. The van der Waals surface area contributed by atoms with Gasteiger partial charge >= 0.3 is 5.97 Å². The van der Waals surface area contributed by atoms with Crippen molar-refractivity contribution < 1.29 is 23.1 Å². The van der Waals surface area contributed by atoms with E-state index in [4.69, 9.17) is 0 Å². The van der Waals surface area contributed by atoms with Crippen LogP contribution in [0.5, 0.6) is 0 Å². The van der Waals surface area contributed by atoms with Crippen LogP contribution in [0.25, 0.3) is 5.65 Å². The van der Waals surface area contributed by atoms with Crippen LogP contribution >= 0.6 is 0 Å². The van der Waals surface area contributed by atoms with Gasteiger partial charge in [-0.25, -0.2) is 18.6 Å². The smallest absolute Gasteiger partial charge is 0.333 e. The molecule has 1 atom stereocenters. The van der Waals surface area contributed by atoms with E-state index in [9.17, 15) is 18.4 Å². The van der Waals surface area contributed by atoms with Crippen LogP contribution < -0.4 is 5.32 Å². The van der Waals surface area contributed by atoms with E-state index in [0.717, 1.165) is 19.2 Å². The molecule has 2 heterocycles. The number of halogens is 2. The van der Waals surface area contributed by atoms with Gasteiger partial charge in [0.15, 0.2) is 6.04 Å². The number of nitrogens with one attached hydrogen (secondary N) is 1. The topological polar surface area (TPSA) is 72.7 Å². The fraction of sp³-hybridized carbons (Fsp3) is 0.118. The molecule has 128 valence electrons. The van der Waals surface area contributed by atoms with Gasteiger partial charge in [-0.05, 0) is 18.2 Å². The predicted molar refractivity (Wildman–Crippen MR) is 83.8 cm³/mol. The molecule has 0 spiro atoms. The Morgan fingerprint density at radius 2 is 2.00 bits per heavy atom. The lowest BCUT2D eigenvalue weighted by Gasteiger charge is -2.17. The molecule has 1 N–H and O–H groups in total. The number of pyridine rings is 1. The van der Waals surface area contributed by atoms with Crippen molar-refractivity contribution >= 4 is 17.5 Å². The van der Waals surface area contributed by atoms with Crippen molar-refractivity contribution in [3.05, 3.63) is 71.7 Å². The molecule has 0 fully saturated rings. The summed E-state index contributed by atoms with van der Waals surface area (Å²) >= 11 is 0. The maximum Gasteiger partial charge on any atom is 0.333 e. The highest BCUT2D eigenvalue weighted by molar-refractivity contribution is 5.97. The van der Waals surface area contributed by atoms with Crippen molar-refractivity contribution in [2.75, 3.05) is 7.11 Å². The molecule has 0 bridgehead atoms. The fourth-order valence-electron chi connectivity index (χ4n) is 2.38. The monoisotopic (exact) mass is 345 g/mol. The molecular formula is C17H13F2N3O3. The van der Waals surface area contributed by atoms with Crippen LogP contribution in [0.3, 0.4) is 0 Å². The number of hydrogen-bond acceptors (Lipinski definition) is 4. The highest BCUT2D eigenvalue weighted by atomic mass is 19.1. The highest BCUT2D eigenvalue weighted by Gasteiger charge is 2.27. The lowest BCUT2D eigenvalue weighted by molar-refractivity contribution is -0.143. The van der Waals surface area contributed by atoms with Crippen molar-refractivity contribution in [2.45, 2.75) is 6.04 Å². The molecule has 0 saturated heterocycles. The number of carbonyl (C=O) groups excluding carboxylic acids is 2. The Kier molecular flexibility index (Phi) is 4.42. The van der Waals surface area contributed by atoms with Gasteiger partial charge in [-0.2, -0.15) is 0 Å². The summed E-state index contributed by atoms with van der Waals surface area (Å²) in [6.45, 7) is 0. The molecule has 6 nitrogen and oxygen atoms in total. The van der Waals surface area contributed by atoms with Crippen LogP contribution in [-0.4, -0.2) is 28.4 Å². The summed E-state index contributed by atoms with van der Waals surface area (Å²) < 4.78 is 33.4. The van der Waals surface area contributed by atoms with Crippen molar-refractivity contribution in [2.24, 2.45) is 0 Å². The first-order valence-corrected chi connectivity index (χ1v) is 7.26. The number of fused-ring (bicyclic) bond motifs is 1. The minimum absolute atomic E-state index is 0.191. The van der Waals surface area contributed by atoms with Crippen molar-refractivity contribution in [1.82, 2.24) is 14.7 Å². The van der Waals surface area contributed by atoms with Gasteiger partial charge in [0.1, 0.15) is 17.3 Å². The van der Waals surface area contributed by atoms with Crippen LogP contribution in [0.2, 0.25) is 0 Å². The molecule has 0 aliphatic carbocycles. The number of esters is 1. The van der Waals surface area contributed by atoms with Gasteiger partial charge in [0.2, 0.25) is 0 Å². The first kappa shape index (κ1) is 16.6. The molecule has 0 aliphatic rings. The number of ether oxygens (including phenoxy) is 1. The zero-order valence-corrected chi connectivity index (χ0v) is 13.1. The number of aromatic nitrogens is 2. The summed E-state index contributed by atoms with van der Waals surface area (Å²) in [5, 5.41) is 2.40. The van der Waals surface area contributed by atoms with Crippen LogP contribution in [-0.2, 0) is 9.53 Å². The summed E-state index contributed by atoms with van der Waals surface area (Å²) in [4.78, 5) is 28.5. The molecule has 25 heavy (non-hydrogen) atoms. The molecule has 1 unspecified atom stereocenters. The molecule has 1 amide bonds. The Morgan fingerprint density at radius 3 is 2.72 bits per heavy atom. The number of rotatable bonds is 4. The third-order valence-electron chi connectivity index (χ3n) is 3.65. The highest BCUT2D eigenvalue weighted by Crippen LogP contribution is 2.20. The van der Waals surface area contributed by atoms with Gasteiger partial charge < -0.3 is 14.5 Å². The lowest BCUT2D eigenvalue weighted by Crippen LogP contribution is -2.35. The maximum absolute atomic E-state index is 14.0. The van der Waals surface area contributed by atoms with E-state index in [-0.39, 0.29) is 11.1 Å². The summed E-state index contributed by atoms with van der Waals surface area (Å²) in [7, 11) is 1.11. The van der Waals surface area contributed by atoms with Crippen molar-refractivity contribution in [1.29, 1.82) is 0 Å². The summed E-state index contributed by atoms with van der Waals surface area (Å²) in [6.07, 6.45) is 4.91. The Bertz CT molecular complexity index is 955. The standard InChI is InChI=1S/C17H13F2N3O3/c1-25-17(24)15(12-3-2-11(18)9-13(12)19)21-16(23)10-4-6-22-7-5-20-14(22)8-10/h2-9,15H,1H3,(H,21,23). The molecule has 8 heteroatoms. The molecule has 2 aromatic heterocycles. The molecule has 0 saturated carbocycles. The largest absolute Gasteiger partial charge is 0.467 e. The van der Waals surface area contributed by atoms with E-state index in [0.29, 0.717) is 11.7 Å². The predicted octanol–water partition coefficient (Wildman–Crippen LogP) is 2.26. The molecule has 3 rings (SSSR count). The number of benzene rings is 1. The Morgan fingerprint density at radius 1 is 1.20 bits per heavy atom. The second kappa shape index (κ2) is 6.68. The van der Waals surface area contributed by atoms with Gasteiger partial charge in [0.05, 0.1) is 7.11 Å². The van der Waals surface area contributed by atoms with Crippen molar-refractivity contribution in [3.63, 3.8) is 0 Å². The lowest BCUT2D eigenvalue weighted by atomic mass is 10.1. The number of hydrogen-bond donors (Lipinski definition) is 1. The third-order valence-corrected chi connectivity index (χ3v) is 3.65. The SMILES string of the molecule is COC(=O)C(NC(=O)c1ccn2ccnc2c1)c1ccc(F)cc1F. The van der Waals surface area contributed by atoms with Gasteiger partial charge in [0.25, 0.3) is 5.91 Å². The molecule has 3 aromatic rings. The van der Waals surface area contributed by atoms with Crippen LogP contribution in [0.1, 0.15) is 22.0 Å². The first-order valence-electron chi connectivity index (χ1n) is 7.26. The normalized spacial score (nSPS) is 12.0. The Hall–Kier alpha value is -3.29. The second-order valence-electron chi connectivity index (χ2n) is 5.20. The van der Waals surface area contributed by atoms with Gasteiger partial charge in [-0.3, -0.25) is 4.79 Å². The summed E-state index contributed by atoms with van der Waals surface area (Å²) in [5.74, 6) is -3.24. The second-order valence-corrected chi connectivity index (χ2v) is 5.20. The maximum atomic E-state index is 14.0. The minimum Gasteiger partial charge on any atom is -0.467 e. The first-order chi connectivity index (χ1) is 12.0. The van der Waals surface area contributed by atoms with E-state index >= 15 is 0 Å². The minimum atomic E-state index is -1.41. The quantitative estimate of drug-likeness (QED) is 0.736. The summed E-state index contributed by atoms with van der Waals surface area (Å²) in [6, 6.07) is 4.36. The summed E-state index contributed by atoms with van der Waals surface area (Å²) in [5.41, 5.74) is 0.578. The zero-order valence-electron chi connectivity index (χ0n) is 13.1. The number of nitrogens with zero attached hydrogens (tertiary/aromatic N) is 2. The van der Waals surface area contributed by atoms with Crippen LogP contribution in [0.15, 0.2) is 48.9 Å². The molecule has 0 aliphatic heterocycles. The molecular weight excluding hydrogens is 332 g/mol. The van der Waals surface area contributed by atoms with E-state index in [1.807, 2.05) is 0 Å². The fourth-order valence-corrected chi connectivity index (χ4v) is 2.38. The molecule has 1 aromatic carbocycles. The van der Waals surface area contributed by atoms with Gasteiger partial charge in [-0.1, -0.05) is 6.07 Å². The Balaban J connectivity index is 1.91. The Labute approximate surface area is 141 Å². The van der Waals surface area contributed by atoms with E-state index in [1.165, 1.54) is 12.1 Å². The van der Waals surface area contributed by atoms with Crippen LogP contribution in [0, 0.1) is 11.6 Å². The molecule has 0 radical (unpaired) electrons. The van der Waals surface area contributed by atoms with Gasteiger partial charge in [0, 0.05) is 35.8 Å². The number of amides is 1.